The van der Waals surface area contributed by atoms with Crippen LogP contribution in [0.1, 0.15) is 15.9 Å². The first kappa shape index (κ1) is 17.8. The molecule has 1 amide bonds. The second kappa shape index (κ2) is 7.45. The molecule has 5 nitrogen and oxygen atoms in total. The van der Waals surface area contributed by atoms with Crippen LogP contribution in [0.5, 0.6) is 0 Å². The van der Waals surface area contributed by atoms with Gasteiger partial charge < -0.3 is 5.32 Å². The Hall–Kier alpha value is -3.06. The van der Waals surface area contributed by atoms with E-state index in [4.69, 9.17) is 0 Å². The van der Waals surface area contributed by atoms with Crippen molar-refractivity contribution in [3.63, 3.8) is 0 Å². The van der Waals surface area contributed by atoms with Crippen molar-refractivity contribution in [3.05, 3.63) is 89.9 Å². The average molecular weight is 370 g/mol. The smallest absolute Gasteiger partial charge is 0.253 e. The number of rotatable bonds is 5. The minimum Gasteiger partial charge on any atom is -0.348 e. The van der Waals surface area contributed by atoms with Gasteiger partial charge in [-0.1, -0.05) is 30.3 Å². The third-order valence-corrected chi connectivity index (χ3v) is 5.38. The number of aromatic nitrogens is 1. The molecule has 0 aliphatic heterocycles. The van der Waals surface area contributed by atoms with Gasteiger partial charge in [0.25, 0.3) is 5.91 Å². The van der Waals surface area contributed by atoms with Crippen molar-refractivity contribution >= 4 is 15.7 Å². The molecule has 7 heteroatoms. The van der Waals surface area contributed by atoms with Gasteiger partial charge >= 0.3 is 0 Å². The van der Waals surface area contributed by atoms with Gasteiger partial charge in [0.2, 0.25) is 9.84 Å². The molecule has 1 heterocycles. The molecule has 1 N–H and O–H groups in total. The SMILES string of the molecule is O=C(NCc1ccc(F)cc1)c1ccc(S(=O)(=O)c2ccccc2)nc1. The topological polar surface area (TPSA) is 76.1 Å². The molecule has 3 rings (SSSR count). The quantitative estimate of drug-likeness (QED) is 0.749. The molecule has 2 aromatic carbocycles. The van der Waals surface area contributed by atoms with Gasteiger partial charge in [0.05, 0.1) is 10.5 Å². The third kappa shape index (κ3) is 3.94. The number of halogens is 1. The first-order valence-electron chi connectivity index (χ1n) is 7.76. The molecule has 0 unspecified atom stereocenters. The lowest BCUT2D eigenvalue weighted by molar-refractivity contribution is 0.0950. The summed E-state index contributed by atoms with van der Waals surface area (Å²) in [7, 11) is -3.72. The van der Waals surface area contributed by atoms with E-state index >= 15 is 0 Å². The molecule has 1 aromatic heterocycles. The van der Waals surface area contributed by atoms with E-state index in [0.717, 1.165) is 5.56 Å². The molecular weight excluding hydrogens is 355 g/mol. The number of sulfone groups is 1. The molecule has 0 bridgehead atoms. The molecule has 0 saturated heterocycles. The fourth-order valence-electron chi connectivity index (χ4n) is 2.28. The predicted octanol–water partition coefficient (Wildman–Crippen LogP) is 2.98. The molecule has 0 radical (unpaired) electrons. The van der Waals surface area contributed by atoms with Crippen molar-refractivity contribution in [2.45, 2.75) is 16.5 Å². The predicted molar refractivity (Wildman–Crippen MR) is 93.7 cm³/mol. The van der Waals surface area contributed by atoms with Gasteiger partial charge in [-0.2, -0.15) is 0 Å². The zero-order valence-electron chi connectivity index (χ0n) is 13.6. The van der Waals surface area contributed by atoms with Gasteiger partial charge in [-0.25, -0.2) is 17.8 Å². The average Bonchev–Trinajstić information content (AvgIpc) is 2.68. The maximum Gasteiger partial charge on any atom is 0.253 e. The van der Waals surface area contributed by atoms with Crippen LogP contribution in [0.4, 0.5) is 4.39 Å². The van der Waals surface area contributed by atoms with E-state index < -0.39 is 15.7 Å². The van der Waals surface area contributed by atoms with Gasteiger partial charge in [-0.05, 0) is 42.0 Å². The summed E-state index contributed by atoms with van der Waals surface area (Å²) in [5.74, 6) is -0.745. The highest BCUT2D eigenvalue weighted by Crippen LogP contribution is 2.18. The first-order valence-corrected chi connectivity index (χ1v) is 9.24. The number of hydrogen-bond acceptors (Lipinski definition) is 4. The minimum atomic E-state index is -3.72. The Morgan fingerprint density at radius 3 is 2.27 bits per heavy atom. The Balaban J connectivity index is 1.71. The zero-order chi connectivity index (χ0) is 18.6. The molecule has 132 valence electrons. The lowest BCUT2D eigenvalue weighted by Crippen LogP contribution is -2.23. The molecule has 0 aliphatic carbocycles. The third-order valence-electron chi connectivity index (χ3n) is 3.69. The van der Waals surface area contributed by atoms with E-state index in [1.54, 1.807) is 30.3 Å². The van der Waals surface area contributed by atoms with E-state index in [-0.39, 0.29) is 27.8 Å². The molecule has 0 spiro atoms. The van der Waals surface area contributed by atoms with Crippen LogP contribution >= 0.6 is 0 Å². The Morgan fingerprint density at radius 1 is 0.962 bits per heavy atom. The van der Waals surface area contributed by atoms with Crippen LogP contribution in [-0.2, 0) is 16.4 Å². The van der Waals surface area contributed by atoms with E-state index in [1.165, 1.54) is 42.6 Å². The number of nitrogens with zero attached hydrogens (tertiary/aromatic N) is 1. The number of pyridine rings is 1. The molecule has 3 aromatic rings. The van der Waals surface area contributed by atoms with Gasteiger partial charge in [-0.3, -0.25) is 4.79 Å². The van der Waals surface area contributed by atoms with Gasteiger partial charge in [0.1, 0.15) is 5.82 Å². The molecule has 26 heavy (non-hydrogen) atoms. The second-order valence-electron chi connectivity index (χ2n) is 5.51. The minimum absolute atomic E-state index is 0.126. The lowest BCUT2D eigenvalue weighted by atomic mass is 10.2. The maximum absolute atomic E-state index is 12.9. The number of hydrogen-bond donors (Lipinski definition) is 1. The number of benzene rings is 2. The highest BCUT2D eigenvalue weighted by atomic mass is 32.2. The largest absolute Gasteiger partial charge is 0.348 e. The maximum atomic E-state index is 12.9. The van der Waals surface area contributed by atoms with Gasteiger partial charge in [0, 0.05) is 12.7 Å². The number of nitrogens with one attached hydrogen (secondary N) is 1. The van der Waals surface area contributed by atoms with E-state index in [9.17, 15) is 17.6 Å². The Morgan fingerprint density at radius 2 is 1.65 bits per heavy atom. The van der Waals surface area contributed by atoms with Crippen LogP contribution in [0.25, 0.3) is 0 Å². The standard InChI is InChI=1S/C19H15FN2O3S/c20-16-9-6-14(7-10-16)12-22-19(23)15-8-11-18(21-13-15)26(24,25)17-4-2-1-3-5-17/h1-11,13H,12H2,(H,22,23). The highest BCUT2D eigenvalue weighted by Gasteiger charge is 2.19. The molecule has 0 atom stereocenters. The lowest BCUT2D eigenvalue weighted by Gasteiger charge is -2.07. The van der Waals surface area contributed by atoms with E-state index in [0.29, 0.717) is 0 Å². The van der Waals surface area contributed by atoms with Gasteiger partial charge in [0.15, 0.2) is 5.03 Å². The van der Waals surface area contributed by atoms with Crippen LogP contribution < -0.4 is 5.32 Å². The summed E-state index contributed by atoms with van der Waals surface area (Å²) in [6.07, 6.45) is 1.22. The molecule has 0 saturated carbocycles. The monoisotopic (exact) mass is 370 g/mol. The Kier molecular flexibility index (Phi) is 5.09. The molecular formula is C19H15FN2O3S. The summed E-state index contributed by atoms with van der Waals surface area (Å²) < 4.78 is 37.8. The van der Waals surface area contributed by atoms with Crippen LogP contribution in [0.3, 0.4) is 0 Å². The summed E-state index contributed by atoms with van der Waals surface area (Å²) in [6, 6.07) is 16.4. The van der Waals surface area contributed by atoms with Crippen molar-refractivity contribution in [1.29, 1.82) is 0 Å². The molecule has 0 aliphatic rings. The van der Waals surface area contributed by atoms with Crippen LogP contribution in [-0.4, -0.2) is 19.3 Å². The highest BCUT2D eigenvalue weighted by molar-refractivity contribution is 7.91. The Labute approximate surface area is 150 Å². The van der Waals surface area contributed by atoms with E-state index in [1.807, 2.05) is 0 Å². The summed E-state index contributed by atoms with van der Waals surface area (Å²) >= 11 is 0. The van der Waals surface area contributed by atoms with Crippen molar-refractivity contribution in [1.82, 2.24) is 10.3 Å². The number of amides is 1. The fourth-order valence-corrected chi connectivity index (χ4v) is 3.48. The summed E-state index contributed by atoms with van der Waals surface area (Å²) in [5, 5.41) is 2.55. The number of carbonyl (C=O) groups excluding carboxylic acids is 1. The zero-order valence-corrected chi connectivity index (χ0v) is 14.4. The summed E-state index contributed by atoms with van der Waals surface area (Å²) in [5.41, 5.74) is 0.982. The van der Waals surface area contributed by atoms with Gasteiger partial charge in [-0.15, -0.1) is 0 Å². The molecule has 0 fully saturated rings. The van der Waals surface area contributed by atoms with Crippen molar-refractivity contribution in [3.8, 4) is 0 Å². The Bertz CT molecular complexity index is 1000. The second-order valence-corrected chi connectivity index (χ2v) is 7.41. The summed E-state index contributed by atoms with van der Waals surface area (Å²) in [6.45, 7) is 0.225. The van der Waals surface area contributed by atoms with Crippen LogP contribution in [0.2, 0.25) is 0 Å². The fraction of sp³-hybridized carbons (Fsp3) is 0.0526. The summed E-state index contributed by atoms with van der Waals surface area (Å²) in [4.78, 5) is 16.2. The normalized spacial score (nSPS) is 11.1. The van der Waals surface area contributed by atoms with Crippen molar-refractivity contribution < 1.29 is 17.6 Å². The van der Waals surface area contributed by atoms with Crippen LogP contribution in [0, 0.1) is 5.82 Å². The first-order chi connectivity index (χ1) is 12.5. The van der Waals surface area contributed by atoms with E-state index in [2.05, 4.69) is 10.3 Å². The van der Waals surface area contributed by atoms with Crippen LogP contribution in [0.15, 0.2) is 82.8 Å². The van der Waals surface area contributed by atoms with Crippen molar-refractivity contribution in [2.75, 3.05) is 0 Å². The number of carbonyl (C=O) groups is 1. The van der Waals surface area contributed by atoms with Crippen molar-refractivity contribution in [2.24, 2.45) is 0 Å².